The van der Waals surface area contributed by atoms with Crippen molar-refractivity contribution in [3.63, 3.8) is 0 Å². The van der Waals surface area contributed by atoms with E-state index in [-0.39, 0.29) is 33.0 Å². The molecule has 3 aromatic rings. The molecule has 34 heavy (non-hydrogen) atoms. The molecule has 1 aliphatic heterocycles. The molecule has 0 unspecified atom stereocenters. The fraction of sp³-hybridized carbons (Fsp3) is 0.190. The van der Waals surface area contributed by atoms with Gasteiger partial charge < -0.3 is 9.15 Å². The molecule has 3 heterocycles. The van der Waals surface area contributed by atoms with Gasteiger partial charge in [0.25, 0.3) is 11.2 Å². The Balaban J connectivity index is 1.90. The number of benzene rings is 1. The largest absolute Gasteiger partial charge is 0.463 e. The minimum absolute atomic E-state index is 0.101. The summed E-state index contributed by atoms with van der Waals surface area (Å²) in [5.74, 6) is -1.01. The van der Waals surface area contributed by atoms with Crippen molar-refractivity contribution in [3.8, 4) is 0 Å². The van der Waals surface area contributed by atoms with Crippen LogP contribution in [-0.2, 0) is 9.53 Å². The summed E-state index contributed by atoms with van der Waals surface area (Å²) in [4.78, 5) is 51.4. The van der Waals surface area contributed by atoms with Crippen LogP contribution >= 0.6 is 11.3 Å². The van der Waals surface area contributed by atoms with Crippen LogP contribution in [0.2, 0.25) is 0 Å². The third-order valence-electron chi connectivity index (χ3n) is 5.03. The lowest BCUT2D eigenvalue weighted by Crippen LogP contribution is -2.35. The first-order valence-electron chi connectivity index (χ1n) is 9.89. The van der Waals surface area contributed by atoms with E-state index in [1.807, 2.05) is 0 Å². The molecule has 0 saturated heterocycles. The zero-order valence-electron chi connectivity index (χ0n) is 17.8. The Morgan fingerprint density at radius 1 is 1.21 bits per heavy atom. The molecule has 12 nitrogen and oxygen atoms in total. The summed E-state index contributed by atoms with van der Waals surface area (Å²) in [5.41, 5.74) is 0.341. The number of esters is 1. The van der Waals surface area contributed by atoms with Gasteiger partial charge in [0.1, 0.15) is 21.3 Å². The molecule has 0 bridgehead atoms. The molecular formula is C21H16N4O8S. The lowest BCUT2D eigenvalue weighted by atomic mass is 9.96. The van der Waals surface area contributed by atoms with Crippen LogP contribution in [-0.4, -0.2) is 27.0 Å². The van der Waals surface area contributed by atoms with Crippen molar-refractivity contribution < 1.29 is 23.8 Å². The van der Waals surface area contributed by atoms with Crippen molar-refractivity contribution in [2.75, 3.05) is 6.61 Å². The van der Waals surface area contributed by atoms with Crippen LogP contribution < -0.4 is 14.9 Å². The monoisotopic (exact) mass is 484 g/mol. The predicted molar refractivity (Wildman–Crippen MR) is 120 cm³/mol. The number of hydrogen-bond donors (Lipinski definition) is 0. The molecule has 174 valence electrons. The molecule has 0 fully saturated rings. The molecular weight excluding hydrogens is 468 g/mol. The van der Waals surface area contributed by atoms with E-state index in [0.717, 1.165) is 11.3 Å². The fourth-order valence-electron chi connectivity index (χ4n) is 3.48. The first-order valence-corrected chi connectivity index (χ1v) is 10.7. The molecule has 0 saturated carbocycles. The van der Waals surface area contributed by atoms with E-state index in [2.05, 4.69) is 4.99 Å². The Labute approximate surface area is 194 Å². The number of thiazole rings is 1. The van der Waals surface area contributed by atoms with Crippen LogP contribution in [0.4, 0.5) is 11.6 Å². The van der Waals surface area contributed by atoms with Gasteiger partial charge in [-0.2, -0.15) is 0 Å². The minimum atomic E-state index is -0.851. The van der Waals surface area contributed by atoms with Gasteiger partial charge in [0.15, 0.2) is 4.80 Å². The van der Waals surface area contributed by atoms with E-state index < -0.39 is 33.3 Å². The lowest BCUT2D eigenvalue weighted by molar-refractivity contribution is -0.402. The van der Waals surface area contributed by atoms with Crippen molar-refractivity contribution in [1.29, 1.82) is 0 Å². The third kappa shape index (κ3) is 4.03. The minimum Gasteiger partial charge on any atom is -0.463 e. The van der Waals surface area contributed by atoms with Gasteiger partial charge in [-0.05, 0) is 37.6 Å². The summed E-state index contributed by atoms with van der Waals surface area (Å²) in [6, 6.07) is 7.30. The zero-order valence-corrected chi connectivity index (χ0v) is 18.6. The number of nitro benzene ring substituents is 1. The van der Waals surface area contributed by atoms with E-state index in [1.165, 1.54) is 47.0 Å². The number of hydrogen-bond acceptors (Lipinski definition) is 10. The molecule has 0 amide bonds. The van der Waals surface area contributed by atoms with Gasteiger partial charge in [-0.15, -0.1) is 0 Å². The lowest BCUT2D eigenvalue weighted by Gasteiger charge is -2.22. The first-order chi connectivity index (χ1) is 16.2. The maximum absolute atomic E-state index is 13.1. The summed E-state index contributed by atoms with van der Waals surface area (Å²) in [6.45, 7) is 3.33. The Morgan fingerprint density at radius 3 is 2.50 bits per heavy atom. The van der Waals surface area contributed by atoms with Crippen LogP contribution in [0.5, 0.6) is 0 Å². The van der Waals surface area contributed by atoms with Gasteiger partial charge in [-0.3, -0.25) is 29.6 Å². The van der Waals surface area contributed by atoms with E-state index in [1.54, 1.807) is 13.8 Å². The Kier molecular flexibility index (Phi) is 5.94. The van der Waals surface area contributed by atoms with Gasteiger partial charge in [0.05, 0.1) is 23.2 Å². The van der Waals surface area contributed by atoms with Crippen molar-refractivity contribution in [3.05, 3.63) is 93.2 Å². The van der Waals surface area contributed by atoms with Gasteiger partial charge in [0, 0.05) is 23.9 Å². The van der Waals surface area contributed by atoms with E-state index in [0.29, 0.717) is 11.3 Å². The summed E-state index contributed by atoms with van der Waals surface area (Å²) >= 11 is 1.02. The highest BCUT2D eigenvalue weighted by Crippen LogP contribution is 2.33. The highest BCUT2D eigenvalue weighted by molar-refractivity contribution is 7.07. The number of carbonyl (C=O) groups is 1. The Morgan fingerprint density at radius 2 is 1.91 bits per heavy atom. The van der Waals surface area contributed by atoms with Gasteiger partial charge in [-0.1, -0.05) is 11.3 Å². The van der Waals surface area contributed by atoms with Crippen LogP contribution in [0, 0.1) is 20.2 Å². The van der Waals surface area contributed by atoms with Gasteiger partial charge in [-0.25, -0.2) is 9.79 Å². The summed E-state index contributed by atoms with van der Waals surface area (Å²) in [5, 5.41) is 21.9. The number of ether oxygens (including phenoxy) is 1. The predicted octanol–water partition coefficient (Wildman–Crippen LogP) is 2.32. The normalized spacial score (nSPS) is 15.6. The van der Waals surface area contributed by atoms with Crippen molar-refractivity contribution in [1.82, 2.24) is 4.57 Å². The fourth-order valence-corrected chi connectivity index (χ4v) is 4.50. The maximum Gasteiger partial charge on any atom is 0.433 e. The van der Waals surface area contributed by atoms with Gasteiger partial charge >= 0.3 is 11.9 Å². The van der Waals surface area contributed by atoms with Crippen molar-refractivity contribution in [2.45, 2.75) is 19.9 Å². The van der Waals surface area contributed by atoms with Gasteiger partial charge in [0.2, 0.25) is 0 Å². The molecule has 0 spiro atoms. The smallest absolute Gasteiger partial charge is 0.433 e. The molecule has 1 aliphatic rings. The second-order valence-corrected chi connectivity index (χ2v) is 8.08. The molecule has 0 radical (unpaired) electrons. The zero-order chi connectivity index (χ0) is 24.6. The number of nitrogens with zero attached hydrogens (tertiary/aromatic N) is 4. The quantitative estimate of drug-likeness (QED) is 0.293. The van der Waals surface area contributed by atoms with Crippen LogP contribution in [0.1, 0.15) is 31.2 Å². The Bertz CT molecular complexity index is 1530. The molecule has 1 atom stereocenters. The molecule has 0 aliphatic carbocycles. The molecule has 2 aromatic heterocycles. The van der Waals surface area contributed by atoms with Crippen LogP contribution in [0.15, 0.2) is 56.2 Å². The number of furan rings is 1. The number of non-ortho nitro benzene ring substituents is 1. The molecule has 13 heteroatoms. The SMILES string of the molecule is CCOC(=O)C1=C(C)n2c(s/c(=C/c3ccc([N+](=O)[O-])o3)c2=O)=N[C@H]1c1ccc([N+](=O)[O-])cc1. The van der Waals surface area contributed by atoms with E-state index in [9.17, 15) is 29.8 Å². The highest BCUT2D eigenvalue weighted by Gasteiger charge is 2.31. The highest BCUT2D eigenvalue weighted by atomic mass is 32.1. The van der Waals surface area contributed by atoms with E-state index in [4.69, 9.17) is 9.15 Å². The number of allylic oxidation sites excluding steroid dienone is 1. The number of carbonyl (C=O) groups excluding carboxylic acids is 1. The Hall–Kier alpha value is -4.39. The second kappa shape index (κ2) is 8.86. The summed E-state index contributed by atoms with van der Waals surface area (Å²) in [7, 11) is 0. The topological polar surface area (TPSA) is 160 Å². The molecule has 1 aromatic carbocycles. The van der Waals surface area contributed by atoms with Crippen LogP contribution in [0.25, 0.3) is 11.8 Å². The summed E-state index contributed by atoms with van der Waals surface area (Å²) < 4.78 is 11.7. The average Bonchev–Trinajstić information content (AvgIpc) is 3.39. The molecule has 4 rings (SSSR count). The third-order valence-corrected chi connectivity index (χ3v) is 6.01. The number of fused-ring (bicyclic) bond motifs is 1. The van der Waals surface area contributed by atoms with E-state index >= 15 is 0 Å². The molecule has 0 N–H and O–H groups in total. The number of nitro groups is 2. The standard InChI is InChI=1S/C21H16N4O8S/c1-3-32-20(27)17-11(2)23-19(26)15(10-14-8-9-16(33-14)25(30)31)34-21(23)22-18(17)12-4-6-13(7-5-12)24(28)29/h4-10,18H,3H2,1-2H3/b15-10+/t18-/m0/s1. The second-order valence-electron chi connectivity index (χ2n) is 7.07. The van der Waals surface area contributed by atoms with Crippen molar-refractivity contribution >= 4 is 40.7 Å². The summed E-state index contributed by atoms with van der Waals surface area (Å²) in [6.07, 6.45) is 1.36. The number of aromatic nitrogens is 1. The first kappa shape index (κ1) is 22.8. The maximum atomic E-state index is 13.1. The average molecular weight is 484 g/mol. The van der Waals surface area contributed by atoms with Crippen molar-refractivity contribution in [2.24, 2.45) is 4.99 Å². The number of rotatable bonds is 6. The van der Waals surface area contributed by atoms with Crippen LogP contribution in [0.3, 0.4) is 0 Å².